The average molecular weight is 337 g/mol. The van der Waals surface area contributed by atoms with E-state index in [1.54, 1.807) is 12.3 Å². The molecule has 2 saturated heterocycles. The van der Waals surface area contributed by atoms with Crippen LogP contribution in [0.3, 0.4) is 0 Å². The maximum atomic E-state index is 13.6. The van der Waals surface area contributed by atoms with E-state index in [4.69, 9.17) is 9.47 Å². The summed E-state index contributed by atoms with van der Waals surface area (Å²) in [6.45, 7) is 11.3. The third-order valence-corrected chi connectivity index (χ3v) is 5.02. The number of aromatic nitrogens is 1. The topological polar surface area (TPSA) is 37.8 Å². The van der Waals surface area contributed by atoms with Gasteiger partial charge in [-0.05, 0) is 38.8 Å². The van der Waals surface area contributed by atoms with Crippen LogP contribution in [0.25, 0.3) is 0 Å². The van der Waals surface area contributed by atoms with Crippen molar-refractivity contribution in [1.29, 1.82) is 0 Å². The Bertz CT molecular complexity index is 527. The van der Waals surface area contributed by atoms with Gasteiger partial charge in [0.15, 0.2) is 5.82 Å². The molecule has 3 heterocycles. The predicted molar refractivity (Wildman–Crippen MR) is 90.8 cm³/mol. The quantitative estimate of drug-likeness (QED) is 0.823. The molecule has 24 heavy (non-hydrogen) atoms. The molecule has 1 aromatic rings. The van der Waals surface area contributed by atoms with Crippen molar-refractivity contribution >= 4 is 0 Å². The van der Waals surface area contributed by atoms with Gasteiger partial charge >= 0.3 is 0 Å². The molecule has 0 saturated carbocycles. The molecule has 0 aliphatic carbocycles. The monoisotopic (exact) mass is 337 g/mol. The molecule has 2 aliphatic rings. The summed E-state index contributed by atoms with van der Waals surface area (Å²) in [7, 11) is 0. The number of pyridine rings is 1. The van der Waals surface area contributed by atoms with Crippen LogP contribution in [-0.4, -0.2) is 72.4 Å². The fraction of sp³-hybridized carbons (Fsp3) is 0.722. The van der Waals surface area contributed by atoms with Gasteiger partial charge in [-0.2, -0.15) is 0 Å². The number of nitrogens with zero attached hydrogens (tertiary/aromatic N) is 3. The number of ether oxygens (including phenoxy) is 2. The van der Waals surface area contributed by atoms with E-state index in [0.717, 1.165) is 58.8 Å². The van der Waals surface area contributed by atoms with Gasteiger partial charge in [0.2, 0.25) is 0 Å². The van der Waals surface area contributed by atoms with E-state index >= 15 is 0 Å². The summed E-state index contributed by atoms with van der Waals surface area (Å²) in [5, 5.41) is 0. The van der Waals surface area contributed by atoms with Gasteiger partial charge in [-0.25, -0.2) is 9.37 Å². The smallest absolute Gasteiger partial charge is 0.250 e. The molecule has 134 valence electrons. The van der Waals surface area contributed by atoms with Crippen molar-refractivity contribution < 1.29 is 13.9 Å². The molecule has 2 fully saturated rings. The second-order valence-electron chi connectivity index (χ2n) is 7.30. The van der Waals surface area contributed by atoms with Crippen molar-refractivity contribution in [3.63, 3.8) is 0 Å². The van der Waals surface area contributed by atoms with Crippen molar-refractivity contribution in [3.05, 3.63) is 24.1 Å². The number of morpholine rings is 1. The highest BCUT2D eigenvalue weighted by molar-refractivity contribution is 5.13. The van der Waals surface area contributed by atoms with E-state index in [2.05, 4.69) is 28.6 Å². The fourth-order valence-electron chi connectivity index (χ4n) is 3.62. The first kappa shape index (κ1) is 17.6. The predicted octanol–water partition coefficient (Wildman–Crippen LogP) is 2.17. The minimum atomic E-state index is -0.381. The number of hydrogen-bond acceptors (Lipinski definition) is 5. The lowest BCUT2D eigenvalue weighted by Gasteiger charge is -2.44. The highest BCUT2D eigenvalue weighted by Crippen LogP contribution is 2.23. The first-order valence-corrected chi connectivity index (χ1v) is 8.87. The Morgan fingerprint density at radius 2 is 1.96 bits per heavy atom. The van der Waals surface area contributed by atoms with Gasteiger partial charge in [0.25, 0.3) is 5.88 Å². The van der Waals surface area contributed by atoms with E-state index in [1.165, 1.54) is 6.07 Å². The lowest BCUT2D eigenvalue weighted by Crippen LogP contribution is -2.56. The number of piperidine rings is 1. The third-order valence-electron chi connectivity index (χ3n) is 5.02. The SMILES string of the molecule is CC(C)(CN1CCC(Oc2ncccc2F)CC1)N1CCOCC1. The van der Waals surface area contributed by atoms with Crippen LogP contribution >= 0.6 is 0 Å². The number of halogens is 1. The van der Waals surface area contributed by atoms with Gasteiger partial charge < -0.3 is 14.4 Å². The second kappa shape index (κ2) is 7.76. The molecular formula is C18H28FN3O2. The minimum Gasteiger partial charge on any atom is -0.472 e. The summed E-state index contributed by atoms with van der Waals surface area (Å²) >= 11 is 0. The van der Waals surface area contributed by atoms with Crippen LogP contribution in [0.4, 0.5) is 4.39 Å². The first-order chi connectivity index (χ1) is 11.5. The summed E-state index contributed by atoms with van der Waals surface area (Å²) in [5.41, 5.74) is 0.143. The van der Waals surface area contributed by atoms with Crippen LogP contribution in [0.1, 0.15) is 26.7 Å². The zero-order chi connectivity index (χ0) is 17.0. The van der Waals surface area contributed by atoms with Crippen molar-refractivity contribution in [3.8, 4) is 5.88 Å². The Hall–Kier alpha value is -1.24. The van der Waals surface area contributed by atoms with Gasteiger partial charge in [0, 0.05) is 44.5 Å². The van der Waals surface area contributed by atoms with Crippen molar-refractivity contribution in [1.82, 2.24) is 14.8 Å². The molecule has 1 aromatic heterocycles. The molecule has 3 rings (SSSR count). The zero-order valence-corrected chi connectivity index (χ0v) is 14.7. The summed E-state index contributed by atoms with van der Waals surface area (Å²) in [6.07, 6.45) is 3.44. The van der Waals surface area contributed by atoms with E-state index in [1.807, 2.05) is 0 Å². The van der Waals surface area contributed by atoms with Crippen LogP contribution in [0.15, 0.2) is 18.3 Å². The largest absolute Gasteiger partial charge is 0.472 e. The normalized spacial score (nSPS) is 21.8. The van der Waals surface area contributed by atoms with E-state index < -0.39 is 0 Å². The first-order valence-electron chi connectivity index (χ1n) is 8.87. The van der Waals surface area contributed by atoms with Gasteiger partial charge in [0.1, 0.15) is 6.10 Å². The van der Waals surface area contributed by atoms with Crippen LogP contribution in [0.2, 0.25) is 0 Å². The molecule has 0 aromatic carbocycles. The lowest BCUT2D eigenvalue weighted by atomic mass is 9.99. The summed E-state index contributed by atoms with van der Waals surface area (Å²) in [4.78, 5) is 8.99. The standard InChI is InChI=1S/C18H28FN3O2/c1-18(2,22-10-12-23-13-11-22)14-21-8-5-15(6-9-21)24-17-16(19)4-3-7-20-17/h3-4,7,15H,5-6,8-14H2,1-2H3. The summed E-state index contributed by atoms with van der Waals surface area (Å²) < 4.78 is 24.8. The molecule has 0 bridgehead atoms. The molecule has 0 radical (unpaired) electrons. The molecular weight excluding hydrogens is 309 g/mol. The van der Waals surface area contributed by atoms with Gasteiger partial charge in [-0.3, -0.25) is 4.90 Å². The number of rotatable bonds is 5. The van der Waals surface area contributed by atoms with Gasteiger partial charge in [-0.15, -0.1) is 0 Å². The number of likely N-dealkylation sites (tertiary alicyclic amines) is 1. The highest BCUT2D eigenvalue weighted by atomic mass is 19.1. The molecule has 0 N–H and O–H groups in total. The van der Waals surface area contributed by atoms with Crippen LogP contribution in [0.5, 0.6) is 5.88 Å². The van der Waals surface area contributed by atoms with Crippen molar-refractivity contribution in [2.75, 3.05) is 45.9 Å². The minimum absolute atomic E-state index is 0.0529. The van der Waals surface area contributed by atoms with Crippen molar-refractivity contribution in [2.24, 2.45) is 0 Å². The third kappa shape index (κ3) is 4.43. The number of hydrogen-bond donors (Lipinski definition) is 0. The molecule has 0 unspecified atom stereocenters. The van der Waals surface area contributed by atoms with Crippen LogP contribution in [0, 0.1) is 5.82 Å². The Labute approximate surface area is 143 Å². The van der Waals surface area contributed by atoms with E-state index in [0.29, 0.717) is 0 Å². The molecule has 6 heteroatoms. The maximum Gasteiger partial charge on any atom is 0.250 e. The molecule has 0 atom stereocenters. The molecule has 0 amide bonds. The summed E-state index contributed by atoms with van der Waals surface area (Å²) in [5.74, 6) is -0.252. The zero-order valence-electron chi connectivity index (χ0n) is 14.7. The Morgan fingerprint density at radius 1 is 1.25 bits per heavy atom. The Balaban J connectivity index is 1.47. The van der Waals surface area contributed by atoms with Crippen molar-refractivity contribution in [2.45, 2.75) is 38.3 Å². The van der Waals surface area contributed by atoms with E-state index in [9.17, 15) is 4.39 Å². The van der Waals surface area contributed by atoms with E-state index in [-0.39, 0.29) is 23.3 Å². The molecule has 2 aliphatic heterocycles. The Kier molecular flexibility index (Phi) is 5.69. The Morgan fingerprint density at radius 3 is 2.62 bits per heavy atom. The average Bonchev–Trinajstić information content (AvgIpc) is 2.59. The molecule has 0 spiro atoms. The van der Waals surface area contributed by atoms with Crippen LogP contribution in [-0.2, 0) is 4.74 Å². The second-order valence-corrected chi connectivity index (χ2v) is 7.30. The lowest BCUT2D eigenvalue weighted by molar-refractivity contribution is -0.0272. The summed E-state index contributed by atoms with van der Waals surface area (Å²) in [6, 6.07) is 2.97. The molecule has 5 nitrogen and oxygen atoms in total. The van der Waals surface area contributed by atoms with Crippen LogP contribution < -0.4 is 4.74 Å². The highest BCUT2D eigenvalue weighted by Gasteiger charge is 2.32. The van der Waals surface area contributed by atoms with Gasteiger partial charge in [-0.1, -0.05) is 0 Å². The van der Waals surface area contributed by atoms with Gasteiger partial charge in [0.05, 0.1) is 13.2 Å². The fourth-order valence-corrected chi connectivity index (χ4v) is 3.62. The maximum absolute atomic E-state index is 13.6.